The molecular weight excluding hydrogens is 292 g/mol. The second kappa shape index (κ2) is 8.04. The van der Waals surface area contributed by atoms with Crippen LogP contribution in [0.3, 0.4) is 0 Å². The van der Waals surface area contributed by atoms with Crippen molar-refractivity contribution >= 4 is 29.7 Å². The standard InChI is InChI=1S/C15H18N2OS.ClH/c1-11-7-8-19-14(11)10-17-15(18)9-13(16)12-5-3-2-4-6-12;/h2-8,13H,9-10,16H2,1H3,(H,17,18);1H. The molecule has 3 nitrogen and oxygen atoms in total. The van der Waals surface area contributed by atoms with E-state index in [0.717, 1.165) is 5.56 Å². The van der Waals surface area contributed by atoms with Crippen LogP contribution in [0.4, 0.5) is 0 Å². The number of carbonyl (C=O) groups excluding carboxylic acids is 1. The van der Waals surface area contributed by atoms with Crippen LogP contribution in [0.5, 0.6) is 0 Å². The molecule has 108 valence electrons. The fraction of sp³-hybridized carbons (Fsp3) is 0.267. The normalized spacial score (nSPS) is 11.5. The first-order valence-corrected chi connectivity index (χ1v) is 7.15. The molecule has 0 spiro atoms. The van der Waals surface area contributed by atoms with Crippen molar-refractivity contribution in [1.29, 1.82) is 0 Å². The summed E-state index contributed by atoms with van der Waals surface area (Å²) >= 11 is 1.66. The summed E-state index contributed by atoms with van der Waals surface area (Å²) in [5.41, 5.74) is 8.23. The van der Waals surface area contributed by atoms with Gasteiger partial charge >= 0.3 is 0 Å². The first-order valence-electron chi connectivity index (χ1n) is 6.27. The second-order valence-corrected chi connectivity index (χ2v) is 5.53. The molecule has 1 aromatic carbocycles. The van der Waals surface area contributed by atoms with Crippen molar-refractivity contribution in [2.24, 2.45) is 5.73 Å². The molecule has 0 bridgehead atoms. The number of thiophene rings is 1. The molecule has 2 rings (SSSR count). The largest absolute Gasteiger partial charge is 0.351 e. The number of amides is 1. The smallest absolute Gasteiger partial charge is 0.222 e. The van der Waals surface area contributed by atoms with Gasteiger partial charge in [0.05, 0.1) is 6.54 Å². The number of rotatable bonds is 5. The lowest BCUT2D eigenvalue weighted by molar-refractivity contribution is -0.121. The maximum atomic E-state index is 11.8. The lowest BCUT2D eigenvalue weighted by atomic mass is 10.0. The molecular formula is C15H19ClN2OS. The summed E-state index contributed by atoms with van der Waals surface area (Å²) in [7, 11) is 0. The number of carbonyl (C=O) groups is 1. The van der Waals surface area contributed by atoms with Gasteiger partial charge < -0.3 is 11.1 Å². The lowest BCUT2D eigenvalue weighted by Crippen LogP contribution is -2.27. The highest BCUT2D eigenvalue weighted by Gasteiger charge is 2.11. The van der Waals surface area contributed by atoms with E-state index in [2.05, 4.69) is 11.4 Å². The fourth-order valence-corrected chi connectivity index (χ4v) is 2.70. The Bertz CT molecular complexity index is 542. The van der Waals surface area contributed by atoms with Crippen LogP contribution in [0, 0.1) is 6.92 Å². The van der Waals surface area contributed by atoms with Crippen LogP contribution < -0.4 is 11.1 Å². The van der Waals surface area contributed by atoms with Gasteiger partial charge in [0.15, 0.2) is 0 Å². The Morgan fingerprint density at radius 2 is 2.00 bits per heavy atom. The summed E-state index contributed by atoms with van der Waals surface area (Å²) in [6.45, 7) is 2.64. The van der Waals surface area contributed by atoms with Crippen LogP contribution >= 0.6 is 23.7 Å². The zero-order valence-corrected chi connectivity index (χ0v) is 13.0. The van der Waals surface area contributed by atoms with Crippen LogP contribution in [0.1, 0.15) is 28.5 Å². The summed E-state index contributed by atoms with van der Waals surface area (Å²) in [6.07, 6.45) is 0.314. The average molecular weight is 311 g/mol. The Hall–Kier alpha value is -1.36. The van der Waals surface area contributed by atoms with Crippen molar-refractivity contribution in [3.05, 3.63) is 57.8 Å². The molecule has 0 aliphatic carbocycles. The minimum Gasteiger partial charge on any atom is -0.351 e. The monoisotopic (exact) mass is 310 g/mol. The van der Waals surface area contributed by atoms with E-state index in [1.807, 2.05) is 42.6 Å². The van der Waals surface area contributed by atoms with Crippen LogP contribution in [0.25, 0.3) is 0 Å². The number of halogens is 1. The van der Waals surface area contributed by atoms with Crippen LogP contribution in [0.15, 0.2) is 41.8 Å². The maximum absolute atomic E-state index is 11.8. The van der Waals surface area contributed by atoms with Gasteiger partial charge in [0.25, 0.3) is 0 Å². The van der Waals surface area contributed by atoms with Gasteiger partial charge in [-0.2, -0.15) is 0 Å². The Morgan fingerprint density at radius 3 is 2.60 bits per heavy atom. The first kappa shape index (κ1) is 16.7. The number of nitrogens with one attached hydrogen (secondary N) is 1. The zero-order valence-electron chi connectivity index (χ0n) is 11.3. The minimum absolute atomic E-state index is 0. The summed E-state index contributed by atoms with van der Waals surface area (Å²) in [5.74, 6) is -0.0100. The SMILES string of the molecule is Cc1ccsc1CNC(=O)CC(N)c1ccccc1.Cl. The van der Waals surface area contributed by atoms with Crippen molar-refractivity contribution in [3.8, 4) is 0 Å². The van der Waals surface area contributed by atoms with E-state index in [1.165, 1.54) is 10.4 Å². The Balaban J connectivity index is 0.00000200. The van der Waals surface area contributed by atoms with Gasteiger partial charge in [0.1, 0.15) is 0 Å². The molecule has 1 heterocycles. The van der Waals surface area contributed by atoms with Crippen LogP contribution in [-0.4, -0.2) is 5.91 Å². The summed E-state index contributed by atoms with van der Waals surface area (Å²) < 4.78 is 0. The van der Waals surface area contributed by atoms with Crippen LogP contribution in [0.2, 0.25) is 0 Å². The maximum Gasteiger partial charge on any atom is 0.222 e. The molecule has 1 aromatic heterocycles. The van der Waals surface area contributed by atoms with Gasteiger partial charge in [-0.05, 0) is 29.5 Å². The molecule has 3 N–H and O–H groups in total. The van der Waals surface area contributed by atoms with Crippen molar-refractivity contribution in [2.75, 3.05) is 0 Å². The van der Waals surface area contributed by atoms with Crippen molar-refractivity contribution in [2.45, 2.75) is 25.9 Å². The molecule has 1 amide bonds. The van der Waals surface area contributed by atoms with Crippen LogP contribution in [-0.2, 0) is 11.3 Å². The molecule has 1 atom stereocenters. The highest BCUT2D eigenvalue weighted by Crippen LogP contribution is 2.16. The van der Waals surface area contributed by atoms with E-state index in [0.29, 0.717) is 13.0 Å². The van der Waals surface area contributed by atoms with Gasteiger partial charge in [-0.1, -0.05) is 30.3 Å². The second-order valence-electron chi connectivity index (χ2n) is 4.52. The van der Waals surface area contributed by atoms with Crippen molar-refractivity contribution < 1.29 is 4.79 Å². The van der Waals surface area contributed by atoms with Gasteiger partial charge in [0, 0.05) is 17.3 Å². The summed E-state index contributed by atoms with van der Waals surface area (Å²) in [4.78, 5) is 13.0. The number of hydrogen-bond acceptors (Lipinski definition) is 3. The third-order valence-electron chi connectivity index (χ3n) is 3.05. The van der Waals surface area contributed by atoms with Gasteiger partial charge in [0.2, 0.25) is 5.91 Å². The number of benzene rings is 1. The van der Waals surface area contributed by atoms with Gasteiger partial charge in [-0.3, -0.25) is 4.79 Å². The quantitative estimate of drug-likeness (QED) is 0.891. The molecule has 1 unspecified atom stereocenters. The van der Waals surface area contributed by atoms with E-state index in [4.69, 9.17) is 5.73 Å². The van der Waals surface area contributed by atoms with E-state index >= 15 is 0 Å². The topological polar surface area (TPSA) is 55.1 Å². The predicted molar refractivity (Wildman–Crippen MR) is 86.1 cm³/mol. The fourth-order valence-electron chi connectivity index (χ4n) is 1.85. The Labute approximate surface area is 129 Å². The van der Waals surface area contributed by atoms with E-state index in [-0.39, 0.29) is 24.4 Å². The molecule has 2 aromatic rings. The third-order valence-corrected chi connectivity index (χ3v) is 4.07. The van der Waals surface area contributed by atoms with Gasteiger partial charge in [-0.25, -0.2) is 0 Å². The molecule has 0 saturated carbocycles. The molecule has 0 fully saturated rings. The Kier molecular flexibility index (Phi) is 6.71. The zero-order chi connectivity index (χ0) is 13.7. The highest BCUT2D eigenvalue weighted by atomic mass is 35.5. The van der Waals surface area contributed by atoms with E-state index in [1.54, 1.807) is 11.3 Å². The molecule has 5 heteroatoms. The van der Waals surface area contributed by atoms with Crippen molar-refractivity contribution in [3.63, 3.8) is 0 Å². The summed E-state index contributed by atoms with van der Waals surface area (Å²) in [6, 6.07) is 11.5. The average Bonchev–Trinajstić information content (AvgIpc) is 2.83. The molecule has 0 aliphatic rings. The van der Waals surface area contributed by atoms with E-state index < -0.39 is 0 Å². The number of hydrogen-bond donors (Lipinski definition) is 2. The van der Waals surface area contributed by atoms with E-state index in [9.17, 15) is 4.79 Å². The highest BCUT2D eigenvalue weighted by molar-refractivity contribution is 7.10. The molecule has 0 aliphatic heterocycles. The molecule has 0 saturated heterocycles. The molecule has 20 heavy (non-hydrogen) atoms. The Morgan fingerprint density at radius 1 is 1.30 bits per heavy atom. The minimum atomic E-state index is -0.245. The lowest BCUT2D eigenvalue weighted by Gasteiger charge is -2.12. The third kappa shape index (κ3) is 4.63. The van der Waals surface area contributed by atoms with Gasteiger partial charge in [-0.15, -0.1) is 23.7 Å². The summed E-state index contributed by atoms with van der Waals surface area (Å²) in [5, 5.41) is 4.95. The number of aryl methyl sites for hydroxylation is 1. The predicted octanol–water partition coefficient (Wildman–Crippen LogP) is 3.18. The first-order chi connectivity index (χ1) is 9.16. The molecule has 0 radical (unpaired) electrons. The number of nitrogens with two attached hydrogens (primary N) is 1. The van der Waals surface area contributed by atoms with Crippen molar-refractivity contribution in [1.82, 2.24) is 5.32 Å².